The zero-order valence-electron chi connectivity index (χ0n) is 11.1. The highest BCUT2D eigenvalue weighted by atomic mass is 35.5. The Hall–Kier alpha value is -1.26. The highest BCUT2D eigenvalue weighted by Crippen LogP contribution is 2.22. The summed E-state index contributed by atoms with van der Waals surface area (Å²) >= 11 is 5.92. The molecule has 0 heterocycles. The van der Waals surface area contributed by atoms with Gasteiger partial charge in [0, 0.05) is 6.54 Å². The first kappa shape index (κ1) is 15.8. The molecule has 0 spiro atoms. The first-order valence-corrected chi connectivity index (χ1v) is 6.83. The van der Waals surface area contributed by atoms with E-state index in [1.807, 2.05) is 19.1 Å². The summed E-state index contributed by atoms with van der Waals surface area (Å²) in [6.07, 6.45) is 1.35. The Morgan fingerprint density at radius 2 is 2.21 bits per heavy atom. The fraction of sp³-hybridized carbons (Fsp3) is 0.500. The average Bonchev–Trinajstić information content (AvgIpc) is 2.39. The fourth-order valence-corrected chi connectivity index (χ4v) is 1.76. The topological polar surface area (TPSA) is 58.6 Å². The van der Waals surface area contributed by atoms with Gasteiger partial charge in [-0.05, 0) is 18.6 Å². The maximum Gasteiger partial charge on any atom is 0.223 e. The van der Waals surface area contributed by atoms with E-state index in [2.05, 4.69) is 5.32 Å². The largest absolute Gasteiger partial charge is 0.491 e. The van der Waals surface area contributed by atoms with E-state index < -0.39 is 6.10 Å². The molecular formula is C14H20ClNO3. The summed E-state index contributed by atoms with van der Waals surface area (Å²) in [5.41, 5.74) is 0. The minimum Gasteiger partial charge on any atom is -0.491 e. The fourth-order valence-electron chi connectivity index (χ4n) is 1.57. The van der Waals surface area contributed by atoms with E-state index in [9.17, 15) is 9.90 Å². The maximum atomic E-state index is 11.5. The van der Waals surface area contributed by atoms with Crippen LogP contribution < -0.4 is 10.1 Å². The van der Waals surface area contributed by atoms with Crippen LogP contribution in [0.1, 0.15) is 26.2 Å². The second-order valence-electron chi connectivity index (χ2n) is 4.28. The van der Waals surface area contributed by atoms with Gasteiger partial charge in [-0.25, -0.2) is 0 Å². The molecule has 1 amide bonds. The van der Waals surface area contributed by atoms with Gasteiger partial charge >= 0.3 is 0 Å². The minimum atomic E-state index is -0.474. The lowest BCUT2D eigenvalue weighted by Crippen LogP contribution is -2.32. The number of benzene rings is 1. The molecule has 0 bridgehead atoms. The molecule has 4 nitrogen and oxygen atoms in total. The summed E-state index contributed by atoms with van der Waals surface area (Å²) in [6.45, 7) is 2.54. The zero-order valence-corrected chi connectivity index (χ0v) is 11.8. The van der Waals surface area contributed by atoms with Gasteiger partial charge in [-0.15, -0.1) is 0 Å². The van der Waals surface area contributed by atoms with Crippen LogP contribution in [0.3, 0.4) is 0 Å². The molecule has 1 rings (SSSR count). The molecule has 1 aromatic rings. The number of aliphatic hydroxyl groups excluding tert-OH is 1. The third kappa shape index (κ3) is 6.45. The van der Waals surface area contributed by atoms with Crippen molar-refractivity contribution in [3.8, 4) is 5.75 Å². The molecular weight excluding hydrogens is 266 g/mol. The Bertz CT molecular complexity index is 398. The summed E-state index contributed by atoms with van der Waals surface area (Å²) in [5.74, 6) is 0.435. The van der Waals surface area contributed by atoms with Gasteiger partial charge in [0.15, 0.2) is 0 Å². The van der Waals surface area contributed by atoms with Gasteiger partial charge in [0.1, 0.15) is 5.75 Å². The van der Waals surface area contributed by atoms with Gasteiger partial charge in [-0.2, -0.15) is 0 Å². The number of ether oxygens (including phenoxy) is 1. The molecule has 19 heavy (non-hydrogen) atoms. The second kappa shape index (κ2) is 8.77. The smallest absolute Gasteiger partial charge is 0.223 e. The van der Waals surface area contributed by atoms with Crippen molar-refractivity contribution >= 4 is 17.5 Å². The molecule has 0 saturated carbocycles. The standard InChI is InChI=1S/C14H20ClNO3/c1-2-5-11(17)10-16-14(18)8-9-19-13-7-4-3-6-12(13)15/h3-4,6-7,11,17H,2,5,8-10H2,1H3,(H,16,18). The summed E-state index contributed by atoms with van der Waals surface area (Å²) in [7, 11) is 0. The van der Waals surface area contributed by atoms with E-state index in [-0.39, 0.29) is 18.9 Å². The molecule has 0 saturated heterocycles. The monoisotopic (exact) mass is 285 g/mol. The van der Waals surface area contributed by atoms with Crippen LogP contribution in [-0.2, 0) is 4.79 Å². The number of halogens is 1. The van der Waals surface area contributed by atoms with Crippen LogP contribution >= 0.6 is 11.6 Å². The molecule has 0 fully saturated rings. The van der Waals surface area contributed by atoms with Crippen LogP contribution in [0, 0.1) is 0 Å². The van der Waals surface area contributed by atoms with Crippen molar-refractivity contribution in [1.82, 2.24) is 5.32 Å². The predicted molar refractivity (Wildman–Crippen MR) is 75.5 cm³/mol. The Morgan fingerprint density at radius 3 is 2.89 bits per heavy atom. The highest BCUT2D eigenvalue weighted by Gasteiger charge is 2.07. The third-order valence-corrected chi connectivity index (χ3v) is 2.89. The van der Waals surface area contributed by atoms with Crippen LogP contribution in [0.5, 0.6) is 5.75 Å². The minimum absolute atomic E-state index is 0.137. The van der Waals surface area contributed by atoms with Gasteiger partial charge in [0.05, 0.1) is 24.2 Å². The molecule has 2 N–H and O–H groups in total. The van der Waals surface area contributed by atoms with Gasteiger partial charge in [-0.1, -0.05) is 37.1 Å². The SMILES string of the molecule is CCCC(O)CNC(=O)CCOc1ccccc1Cl. The number of carbonyl (C=O) groups excluding carboxylic acids is 1. The van der Waals surface area contributed by atoms with Crippen LogP contribution in [0.4, 0.5) is 0 Å². The predicted octanol–water partition coefficient (Wildman–Crippen LogP) is 2.39. The molecule has 5 heteroatoms. The van der Waals surface area contributed by atoms with Gasteiger partial charge < -0.3 is 15.2 Å². The molecule has 0 radical (unpaired) electrons. The molecule has 1 atom stereocenters. The zero-order chi connectivity index (χ0) is 14.1. The molecule has 1 aromatic carbocycles. The van der Waals surface area contributed by atoms with Crippen LogP contribution in [0.2, 0.25) is 5.02 Å². The van der Waals surface area contributed by atoms with Crippen molar-refractivity contribution in [1.29, 1.82) is 0 Å². The summed E-state index contributed by atoms with van der Waals surface area (Å²) in [6, 6.07) is 7.13. The van der Waals surface area contributed by atoms with E-state index in [1.54, 1.807) is 12.1 Å². The van der Waals surface area contributed by atoms with E-state index >= 15 is 0 Å². The molecule has 0 aliphatic rings. The lowest BCUT2D eigenvalue weighted by atomic mass is 10.2. The van der Waals surface area contributed by atoms with Crippen molar-refractivity contribution in [2.24, 2.45) is 0 Å². The van der Waals surface area contributed by atoms with Crippen LogP contribution in [0.15, 0.2) is 24.3 Å². The number of rotatable bonds is 8. The number of aliphatic hydroxyl groups is 1. The summed E-state index contributed by atoms with van der Waals surface area (Å²) < 4.78 is 5.41. The maximum absolute atomic E-state index is 11.5. The average molecular weight is 286 g/mol. The normalized spacial score (nSPS) is 11.9. The van der Waals surface area contributed by atoms with Crippen LogP contribution in [-0.4, -0.2) is 30.3 Å². The lowest BCUT2D eigenvalue weighted by Gasteiger charge is -2.11. The highest BCUT2D eigenvalue weighted by molar-refractivity contribution is 6.32. The van der Waals surface area contributed by atoms with Crippen molar-refractivity contribution in [3.05, 3.63) is 29.3 Å². The van der Waals surface area contributed by atoms with Crippen molar-refractivity contribution in [2.75, 3.05) is 13.2 Å². The van der Waals surface area contributed by atoms with Crippen molar-refractivity contribution < 1.29 is 14.6 Å². The Morgan fingerprint density at radius 1 is 1.47 bits per heavy atom. The van der Waals surface area contributed by atoms with E-state index in [4.69, 9.17) is 16.3 Å². The first-order chi connectivity index (χ1) is 9.13. The number of nitrogens with one attached hydrogen (secondary N) is 1. The molecule has 1 unspecified atom stereocenters. The Labute approximate surface area is 118 Å². The lowest BCUT2D eigenvalue weighted by molar-refractivity contribution is -0.122. The Kier molecular flexibility index (Phi) is 7.30. The van der Waals surface area contributed by atoms with E-state index in [0.717, 1.165) is 6.42 Å². The van der Waals surface area contributed by atoms with E-state index in [1.165, 1.54) is 0 Å². The number of amides is 1. The number of hydrogen-bond acceptors (Lipinski definition) is 3. The van der Waals surface area contributed by atoms with Crippen molar-refractivity contribution in [3.63, 3.8) is 0 Å². The van der Waals surface area contributed by atoms with Gasteiger partial charge in [-0.3, -0.25) is 4.79 Å². The van der Waals surface area contributed by atoms with Gasteiger partial charge in [0.2, 0.25) is 5.91 Å². The summed E-state index contributed by atoms with van der Waals surface area (Å²) in [4.78, 5) is 11.5. The van der Waals surface area contributed by atoms with Gasteiger partial charge in [0.25, 0.3) is 0 Å². The third-order valence-electron chi connectivity index (χ3n) is 2.58. The van der Waals surface area contributed by atoms with E-state index in [0.29, 0.717) is 23.7 Å². The molecule has 106 valence electrons. The van der Waals surface area contributed by atoms with Crippen LogP contribution in [0.25, 0.3) is 0 Å². The van der Waals surface area contributed by atoms with Crippen molar-refractivity contribution in [2.45, 2.75) is 32.3 Å². The number of hydrogen-bond donors (Lipinski definition) is 2. The Balaban J connectivity index is 2.19. The quantitative estimate of drug-likeness (QED) is 0.771. The summed E-state index contributed by atoms with van der Waals surface area (Å²) in [5, 5.41) is 12.7. The second-order valence-corrected chi connectivity index (χ2v) is 4.68. The first-order valence-electron chi connectivity index (χ1n) is 6.45. The number of carbonyl (C=O) groups is 1. The molecule has 0 aliphatic carbocycles. The molecule has 0 aromatic heterocycles. The molecule has 0 aliphatic heterocycles. The number of para-hydroxylation sites is 1.